The molecule has 1 aliphatic heterocycles. The number of aryl methyl sites for hydroxylation is 1. The van der Waals surface area contributed by atoms with Crippen LogP contribution < -0.4 is 5.32 Å². The molecule has 1 amide bonds. The molecule has 1 fully saturated rings. The number of sulfonamides is 1. The largest absolute Gasteiger partial charge is 0.352 e. The molecule has 0 aliphatic carbocycles. The Labute approximate surface area is 159 Å². The average Bonchev–Trinajstić information content (AvgIpc) is 2.68. The van der Waals surface area contributed by atoms with Crippen LogP contribution in [0, 0.1) is 18.7 Å². The number of halogens is 1. The molecule has 0 radical (unpaired) electrons. The molecule has 0 spiro atoms. The second kappa shape index (κ2) is 8.19. The predicted octanol–water partition coefficient (Wildman–Crippen LogP) is 2.85. The lowest BCUT2D eigenvalue weighted by atomic mass is 9.99. The van der Waals surface area contributed by atoms with Gasteiger partial charge in [0.2, 0.25) is 15.9 Å². The third-order valence-corrected chi connectivity index (χ3v) is 6.67. The van der Waals surface area contributed by atoms with Gasteiger partial charge in [0.1, 0.15) is 5.82 Å². The zero-order chi connectivity index (χ0) is 19.4. The number of nitrogens with one attached hydrogen (secondary N) is 1. The number of piperidine rings is 1. The lowest BCUT2D eigenvalue weighted by Gasteiger charge is -2.31. The van der Waals surface area contributed by atoms with E-state index in [0.29, 0.717) is 25.9 Å². The van der Waals surface area contributed by atoms with Crippen molar-refractivity contribution in [2.75, 3.05) is 13.1 Å². The Hall–Kier alpha value is -2.25. The Morgan fingerprint density at radius 2 is 1.81 bits per heavy atom. The normalized spacial score (nSPS) is 18.2. The van der Waals surface area contributed by atoms with Crippen molar-refractivity contribution in [1.82, 2.24) is 9.62 Å². The highest BCUT2D eigenvalue weighted by Gasteiger charge is 2.33. The fourth-order valence-corrected chi connectivity index (χ4v) is 4.69. The van der Waals surface area contributed by atoms with E-state index in [2.05, 4.69) is 5.32 Å². The number of nitrogens with zero attached hydrogens (tertiary/aromatic N) is 1. The van der Waals surface area contributed by atoms with Crippen molar-refractivity contribution in [1.29, 1.82) is 0 Å². The molecule has 7 heteroatoms. The third kappa shape index (κ3) is 4.73. The summed E-state index contributed by atoms with van der Waals surface area (Å²) in [5.74, 6) is -0.892. The molecule has 144 valence electrons. The zero-order valence-electron chi connectivity index (χ0n) is 15.2. The maximum absolute atomic E-state index is 12.9. The van der Waals surface area contributed by atoms with E-state index >= 15 is 0 Å². The zero-order valence-corrected chi connectivity index (χ0v) is 16.0. The molecule has 1 atom stereocenters. The summed E-state index contributed by atoms with van der Waals surface area (Å²) in [5.41, 5.74) is 1.79. The van der Waals surface area contributed by atoms with Crippen LogP contribution >= 0.6 is 0 Å². The summed E-state index contributed by atoms with van der Waals surface area (Å²) in [6.45, 7) is 2.78. The summed E-state index contributed by atoms with van der Waals surface area (Å²) in [5, 5.41) is 2.82. The molecule has 1 saturated heterocycles. The minimum atomic E-state index is -3.61. The van der Waals surface area contributed by atoms with Crippen LogP contribution in [0.2, 0.25) is 0 Å². The van der Waals surface area contributed by atoms with Crippen molar-refractivity contribution < 1.29 is 17.6 Å². The average molecular weight is 390 g/mol. The smallest absolute Gasteiger partial charge is 0.243 e. The van der Waals surface area contributed by atoms with E-state index in [-0.39, 0.29) is 29.1 Å². The molecule has 0 saturated carbocycles. The molecular formula is C20H23FN2O3S. The van der Waals surface area contributed by atoms with Crippen molar-refractivity contribution in [2.45, 2.75) is 31.2 Å². The third-order valence-electron chi connectivity index (χ3n) is 4.79. The van der Waals surface area contributed by atoms with Crippen molar-refractivity contribution in [3.63, 3.8) is 0 Å². The predicted molar refractivity (Wildman–Crippen MR) is 101 cm³/mol. The monoisotopic (exact) mass is 390 g/mol. The van der Waals surface area contributed by atoms with Gasteiger partial charge >= 0.3 is 0 Å². The first-order valence-electron chi connectivity index (χ1n) is 8.95. The number of rotatable bonds is 5. The SMILES string of the molecule is Cc1ccc(S(=O)(=O)N2CCCC(C(=O)NCc3ccc(F)cc3)C2)cc1. The Morgan fingerprint density at radius 3 is 2.48 bits per heavy atom. The van der Waals surface area contributed by atoms with Gasteiger partial charge in [-0.2, -0.15) is 4.31 Å². The van der Waals surface area contributed by atoms with Crippen LogP contribution in [0.3, 0.4) is 0 Å². The molecule has 2 aromatic rings. The van der Waals surface area contributed by atoms with Crippen LogP contribution in [-0.2, 0) is 21.4 Å². The number of hydrogen-bond donors (Lipinski definition) is 1. The van der Waals surface area contributed by atoms with Crippen molar-refractivity contribution >= 4 is 15.9 Å². The van der Waals surface area contributed by atoms with E-state index < -0.39 is 10.0 Å². The fourth-order valence-electron chi connectivity index (χ4n) is 3.17. The summed E-state index contributed by atoms with van der Waals surface area (Å²) in [6, 6.07) is 12.7. The van der Waals surface area contributed by atoms with Gasteiger partial charge in [0, 0.05) is 19.6 Å². The Morgan fingerprint density at radius 1 is 1.15 bits per heavy atom. The van der Waals surface area contributed by atoms with Crippen LogP contribution in [0.25, 0.3) is 0 Å². The maximum Gasteiger partial charge on any atom is 0.243 e. The molecule has 0 bridgehead atoms. The minimum Gasteiger partial charge on any atom is -0.352 e. The molecule has 5 nitrogen and oxygen atoms in total. The number of carbonyl (C=O) groups excluding carboxylic acids is 1. The lowest BCUT2D eigenvalue weighted by molar-refractivity contribution is -0.126. The van der Waals surface area contributed by atoms with Crippen molar-refractivity contribution in [2.24, 2.45) is 5.92 Å². The van der Waals surface area contributed by atoms with E-state index in [4.69, 9.17) is 0 Å². The van der Waals surface area contributed by atoms with E-state index in [9.17, 15) is 17.6 Å². The summed E-state index contributed by atoms with van der Waals surface area (Å²) in [7, 11) is -3.61. The molecule has 1 unspecified atom stereocenters. The molecule has 27 heavy (non-hydrogen) atoms. The Kier molecular flexibility index (Phi) is 5.92. The van der Waals surface area contributed by atoms with E-state index in [1.54, 1.807) is 36.4 Å². The summed E-state index contributed by atoms with van der Waals surface area (Å²) >= 11 is 0. The van der Waals surface area contributed by atoms with Crippen LogP contribution in [0.5, 0.6) is 0 Å². The maximum atomic E-state index is 12.9. The Bertz CT molecular complexity index is 896. The van der Waals surface area contributed by atoms with Crippen LogP contribution in [-0.4, -0.2) is 31.7 Å². The minimum absolute atomic E-state index is 0.172. The van der Waals surface area contributed by atoms with Crippen molar-refractivity contribution in [3.8, 4) is 0 Å². The molecular weight excluding hydrogens is 367 g/mol. The van der Waals surface area contributed by atoms with E-state index in [1.807, 2.05) is 6.92 Å². The fraction of sp³-hybridized carbons (Fsp3) is 0.350. The quantitative estimate of drug-likeness (QED) is 0.854. The van der Waals surface area contributed by atoms with Gasteiger partial charge in [-0.15, -0.1) is 0 Å². The molecule has 0 aromatic heterocycles. The first kappa shape index (κ1) is 19.5. The number of carbonyl (C=O) groups is 1. The first-order chi connectivity index (χ1) is 12.9. The highest BCUT2D eigenvalue weighted by Crippen LogP contribution is 2.24. The molecule has 1 heterocycles. The highest BCUT2D eigenvalue weighted by molar-refractivity contribution is 7.89. The van der Waals surface area contributed by atoms with Crippen molar-refractivity contribution in [3.05, 3.63) is 65.5 Å². The van der Waals surface area contributed by atoms with Gasteiger partial charge in [-0.05, 0) is 49.6 Å². The lowest BCUT2D eigenvalue weighted by Crippen LogP contribution is -2.45. The molecule has 1 aliphatic rings. The van der Waals surface area contributed by atoms with E-state index in [1.165, 1.54) is 16.4 Å². The van der Waals surface area contributed by atoms with Gasteiger partial charge < -0.3 is 5.32 Å². The molecule has 2 aromatic carbocycles. The highest BCUT2D eigenvalue weighted by atomic mass is 32.2. The van der Waals surface area contributed by atoms with Crippen LogP contribution in [0.4, 0.5) is 4.39 Å². The standard InChI is InChI=1S/C20H23FN2O3S/c1-15-4-10-19(11-5-15)27(25,26)23-12-2-3-17(14-23)20(24)22-13-16-6-8-18(21)9-7-16/h4-11,17H,2-3,12-14H2,1H3,(H,22,24). The number of amides is 1. The topological polar surface area (TPSA) is 66.5 Å². The Balaban J connectivity index is 1.63. The van der Waals surface area contributed by atoms with Gasteiger partial charge in [0.25, 0.3) is 0 Å². The van der Waals surface area contributed by atoms with Gasteiger partial charge in [-0.1, -0.05) is 29.8 Å². The summed E-state index contributed by atoms with van der Waals surface area (Å²) < 4.78 is 40.0. The van der Waals surface area contributed by atoms with Crippen LogP contribution in [0.1, 0.15) is 24.0 Å². The molecule has 1 N–H and O–H groups in total. The number of hydrogen-bond acceptors (Lipinski definition) is 3. The summed E-state index contributed by atoms with van der Waals surface area (Å²) in [6.07, 6.45) is 1.29. The van der Waals surface area contributed by atoms with Gasteiger partial charge in [0.15, 0.2) is 0 Å². The second-order valence-electron chi connectivity index (χ2n) is 6.86. The number of benzene rings is 2. The van der Waals surface area contributed by atoms with Gasteiger partial charge in [-0.25, -0.2) is 12.8 Å². The van der Waals surface area contributed by atoms with Gasteiger partial charge in [-0.3, -0.25) is 4.79 Å². The summed E-state index contributed by atoms with van der Waals surface area (Å²) in [4.78, 5) is 12.7. The van der Waals surface area contributed by atoms with E-state index in [0.717, 1.165) is 11.1 Å². The van der Waals surface area contributed by atoms with Gasteiger partial charge in [0.05, 0.1) is 10.8 Å². The second-order valence-corrected chi connectivity index (χ2v) is 8.80. The first-order valence-corrected chi connectivity index (χ1v) is 10.4. The molecule has 3 rings (SSSR count). The van der Waals surface area contributed by atoms with Crippen LogP contribution in [0.15, 0.2) is 53.4 Å².